The van der Waals surface area contributed by atoms with Crippen LogP contribution in [0.5, 0.6) is 0 Å². The zero-order chi connectivity index (χ0) is 14.9. The zero-order valence-corrected chi connectivity index (χ0v) is 15.0. The molecule has 0 atom stereocenters. The van der Waals surface area contributed by atoms with Gasteiger partial charge in [-0.3, -0.25) is 9.59 Å². The maximum Gasteiger partial charge on any atom is 0.161 e. The monoisotopic (exact) mass is 372 g/mol. The molecule has 0 bridgehead atoms. The second-order valence-electron chi connectivity index (χ2n) is 5.22. The van der Waals surface area contributed by atoms with Crippen molar-refractivity contribution in [3.8, 4) is 0 Å². The van der Waals surface area contributed by atoms with Crippen LogP contribution >= 0.6 is 34.6 Å². The number of ketones is 2. The minimum Gasteiger partial charge on any atom is -0.298 e. The first kappa shape index (κ1) is 15.7. The Bertz CT molecular complexity index is 668. The molecule has 2 aromatic rings. The Morgan fingerprint density at radius 3 is 2.50 bits per heavy atom. The summed E-state index contributed by atoms with van der Waals surface area (Å²) in [5.74, 6) is 0.769. The number of thiophene rings is 1. The fraction of sp³-hybridized carbons (Fsp3) is 0.333. The second-order valence-corrected chi connectivity index (χ2v) is 14.7. The third-order valence-corrected chi connectivity index (χ3v) is 5.75. The van der Waals surface area contributed by atoms with E-state index in [9.17, 15) is 9.59 Å². The molecule has 1 aromatic carbocycles. The Morgan fingerprint density at radius 1 is 1.25 bits per heavy atom. The summed E-state index contributed by atoms with van der Waals surface area (Å²) in [7, 11) is -1.02. The van der Waals surface area contributed by atoms with Gasteiger partial charge in [0.15, 0.2) is 5.78 Å². The molecule has 0 amide bonds. The van der Waals surface area contributed by atoms with Crippen LogP contribution in [0.1, 0.15) is 22.2 Å². The normalized spacial score (nSPS) is 12.6. The van der Waals surface area contributed by atoms with Gasteiger partial charge >= 0.3 is 0 Å². The Hall–Kier alpha value is -0.650. The van der Waals surface area contributed by atoms with Gasteiger partial charge in [-0.2, -0.15) is 8.46 Å². The van der Waals surface area contributed by atoms with Gasteiger partial charge in [-0.25, -0.2) is 0 Å². The summed E-state index contributed by atoms with van der Waals surface area (Å²) in [6, 6.07) is 7.84. The number of fused-ring (bicyclic) bond motifs is 1. The van der Waals surface area contributed by atoms with Crippen molar-refractivity contribution < 1.29 is 9.59 Å². The van der Waals surface area contributed by atoms with Crippen molar-refractivity contribution in [2.75, 3.05) is 18.3 Å². The van der Waals surface area contributed by atoms with E-state index in [0.717, 1.165) is 20.5 Å². The van der Waals surface area contributed by atoms with E-state index >= 15 is 0 Å². The van der Waals surface area contributed by atoms with E-state index < -0.39 is 8.46 Å². The summed E-state index contributed by atoms with van der Waals surface area (Å²) in [6.07, 6.45) is 4.47. The van der Waals surface area contributed by atoms with Gasteiger partial charge < -0.3 is 0 Å². The predicted octanol–water partition coefficient (Wildman–Crippen LogP) is 4.59. The first-order valence-corrected chi connectivity index (χ1v) is 11.5. The molecule has 0 aliphatic carbocycles. The minimum absolute atomic E-state index is 0.0377. The molecule has 0 spiro atoms. The first-order valence-electron chi connectivity index (χ1n) is 6.21. The molecule has 0 fully saturated rings. The number of carbonyl (C=O) groups is 2. The predicted molar refractivity (Wildman–Crippen MR) is 93.8 cm³/mol. The lowest BCUT2D eigenvalue weighted by Crippen LogP contribution is -2.12. The van der Waals surface area contributed by atoms with Crippen LogP contribution in [0.3, 0.4) is 0 Å². The number of benzene rings is 1. The smallest absolute Gasteiger partial charge is 0.161 e. The SMILES string of the molecule is CC(=O)c1c(CC(=O)CS(C)(C)Br)sc2ccccc12. The Labute approximate surface area is 132 Å². The average Bonchev–Trinajstić information content (AvgIpc) is 2.63. The summed E-state index contributed by atoms with van der Waals surface area (Å²) >= 11 is 5.13. The molecule has 20 heavy (non-hydrogen) atoms. The number of carbonyl (C=O) groups excluding carboxylic acids is 2. The van der Waals surface area contributed by atoms with E-state index in [2.05, 4.69) is 27.3 Å². The topological polar surface area (TPSA) is 34.1 Å². The van der Waals surface area contributed by atoms with Crippen LogP contribution in [0.25, 0.3) is 10.1 Å². The van der Waals surface area contributed by atoms with Gasteiger partial charge in [0.05, 0.1) is 0 Å². The van der Waals surface area contributed by atoms with Gasteiger partial charge in [-0.1, -0.05) is 18.2 Å². The van der Waals surface area contributed by atoms with Gasteiger partial charge in [0.2, 0.25) is 0 Å². The van der Waals surface area contributed by atoms with Gasteiger partial charge in [-0.15, -0.1) is 11.3 Å². The highest BCUT2D eigenvalue weighted by molar-refractivity contribution is 9.58. The van der Waals surface area contributed by atoms with Crippen molar-refractivity contribution in [3.63, 3.8) is 0 Å². The molecule has 2 nitrogen and oxygen atoms in total. The molecule has 5 heteroatoms. The number of Topliss-reactive ketones (excluding diaryl/α,β-unsaturated/α-hetero) is 2. The average molecular weight is 373 g/mol. The fourth-order valence-corrected chi connectivity index (χ4v) is 5.13. The van der Waals surface area contributed by atoms with Crippen LogP contribution in [-0.4, -0.2) is 29.8 Å². The van der Waals surface area contributed by atoms with Gasteiger partial charge in [0.1, 0.15) is 5.78 Å². The summed E-state index contributed by atoms with van der Waals surface area (Å²) in [5.41, 5.74) is 0.723. The molecule has 0 saturated carbocycles. The lowest BCUT2D eigenvalue weighted by molar-refractivity contribution is -0.115. The zero-order valence-electron chi connectivity index (χ0n) is 11.7. The lowest BCUT2D eigenvalue weighted by Gasteiger charge is -2.20. The van der Waals surface area contributed by atoms with E-state index in [4.69, 9.17) is 0 Å². The van der Waals surface area contributed by atoms with Crippen LogP contribution in [0, 0.1) is 0 Å². The maximum atomic E-state index is 12.2. The van der Waals surface area contributed by atoms with Gasteiger partial charge in [-0.05, 0) is 40.3 Å². The van der Waals surface area contributed by atoms with E-state index in [1.165, 1.54) is 0 Å². The molecule has 1 aromatic heterocycles. The summed E-state index contributed by atoms with van der Waals surface area (Å²) in [6.45, 7) is 1.57. The van der Waals surface area contributed by atoms with E-state index in [0.29, 0.717) is 12.2 Å². The molecule has 0 unspecified atom stereocenters. The maximum absolute atomic E-state index is 12.2. The van der Waals surface area contributed by atoms with Crippen LogP contribution in [0.2, 0.25) is 0 Å². The highest BCUT2D eigenvalue weighted by Gasteiger charge is 2.20. The second kappa shape index (κ2) is 6.00. The molecule has 0 saturated heterocycles. The van der Waals surface area contributed by atoms with Gasteiger partial charge in [0, 0.05) is 32.7 Å². The Kier molecular flexibility index (Phi) is 4.72. The van der Waals surface area contributed by atoms with E-state index in [-0.39, 0.29) is 11.6 Å². The van der Waals surface area contributed by atoms with E-state index in [1.807, 2.05) is 24.3 Å². The lowest BCUT2D eigenvalue weighted by atomic mass is 10.1. The molecule has 108 valence electrons. The van der Waals surface area contributed by atoms with Crippen LogP contribution in [-0.2, 0) is 11.2 Å². The van der Waals surface area contributed by atoms with Crippen molar-refractivity contribution in [1.82, 2.24) is 0 Å². The van der Waals surface area contributed by atoms with Crippen molar-refractivity contribution in [2.45, 2.75) is 13.3 Å². The van der Waals surface area contributed by atoms with Crippen molar-refractivity contribution in [2.24, 2.45) is 0 Å². The van der Waals surface area contributed by atoms with Crippen LogP contribution in [0.15, 0.2) is 24.3 Å². The van der Waals surface area contributed by atoms with Crippen molar-refractivity contribution >= 4 is 56.3 Å². The molecular weight excluding hydrogens is 356 g/mol. The largest absolute Gasteiger partial charge is 0.298 e. The Morgan fingerprint density at radius 2 is 1.90 bits per heavy atom. The molecule has 2 rings (SSSR count). The minimum atomic E-state index is -1.02. The standard InChI is InChI=1S/C15H17BrO2S2/c1-10(17)15-12-6-4-5-7-13(12)19-14(15)8-11(18)9-20(2,3)16/h4-7H,8-9H2,1-3H3. The Balaban J connectivity index is 2.37. The van der Waals surface area contributed by atoms with Crippen LogP contribution < -0.4 is 0 Å². The number of rotatable bonds is 5. The third-order valence-electron chi connectivity index (χ3n) is 2.88. The van der Waals surface area contributed by atoms with Crippen molar-refractivity contribution in [3.05, 3.63) is 34.7 Å². The number of halogens is 1. The molecule has 0 radical (unpaired) electrons. The summed E-state index contributed by atoms with van der Waals surface area (Å²) in [4.78, 5) is 25.0. The number of hydrogen-bond donors (Lipinski definition) is 0. The van der Waals surface area contributed by atoms with E-state index in [1.54, 1.807) is 18.3 Å². The van der Waals surface area contributed by atoms with Gasteiger partial charge in [0.25, 0.3) is 0 Å². The van der Waals surface area contributed by atoms with Crippen molar-refractivity contribution in [1.29, 1.82) is 0 Å². The summed E-state index contributed by atoms with van der Waals surface area (Å²) < 4.78 is 1.07. The third kappa shape index (κ3) is 3.71. The molecule has 0 aliphatic rings. The summed E-state index contributed by atoms with van der Waals surface area (Å²) in [5, 5.41) is 0.971. The molecular formula is C15H17BrO2S2. The molecule has 0 N–H and O–H groups in total. The fourth-order valence-electron chi connectivity index (χ4n) is 2.22. The number of hydrogen-bond acceptors (Lipinski definition) is 3. The van der Waals surface area contributed by atoms with Crippen LogP contribution in [0.4, 0.5) is 0 Å². The molecule has 1 heterocycles. The first-order chi connectivity index (χ1) is 9.28. The highest BCUT2D eigenvalue weighted by atomic mass is 79.9. The highest BCUT2D eigenvalue weighted by Crippen LogP contribution is 2.48. The molecule has 0 aliphatic heterocycles. The quantitative estimate of drug-likeness (QED) is 0.719.